The number of fused-ring (bicyclic) bond motifs is 1. The summed E-state index contributed by atoms with van der Waals surface area (Å²) < 4.78 is 31.7. The van der Waals surface area contributed by atoms with Gasteiger partial charge in [0.1, 0.15) is 5.75 Å². The number of likely N-dealkylation sites (tertiary alicyclic amines) is 1. The number of hydrogen-bond acceptors (Lipinski definition) is 5. The van der Waals surface area contributed by atoms with Crippen molar-refractivity contribution in [3.05, 3.63) is 58.6 Å². The lowest BCUT2D eigenvalue weighted by molar-refractivity contribution is -0.127. The van der Waals surface area contributed by atoms with Crippen molar-refractivity contribution in [2.75, 3.05) is 30.2 Å². The monoisotopic (exact) mass is 477 g/mol. The third-order valence-electron chi connectivity index (χ3n) is 5.90. The Balaban J connectivity index is 1.45. The van der Waals surface area contributed by atoms with E-state index in [0.29, 0.717) is 23.0 Å². The molecule has 4 rings (SSSR count). The lowest BCUT2D eigenvalue weighted by atomic mass is 10.0. The van der Waals surface area contributed by atoms with Gasteiger partial charge in [-0.15, -0.1) is 0 Å². The number of amides is 1. The van der Waals surface area contributed by atoms with Crippen molar-refractivity contribution in [2.24, 2.45) is 0 Å². The van der Waals surface area contributed by atoms with Gasteiger partial charge >= 0.3 is 0 Å². The van der Waals surface area contributed by atoms with Crippen LogP contribution in [0.15, 0.2) is 42.5 Å². The number of carbonyl (C=O) groups is 1. The fraction of sp³-hybridized carbons (Fsp3) is 0.435. The molecule has 2 aliphatic heterocycles. The summed E-state index contributed by atoms with van der Waals surface area (Å²) in [5.41, 5.74) is 2.59. The standard InChI is InChI=1S/C23H28ClN3O4S/c1-32(29,30)27-16-22(31-21-10-9-19(24)13-20(21)27)23(28)25-14-17-7-3-4-8-18(17)15-26-11-5-2-6-12-26/h3-4,7-10,13,22H,2,5-6,11-12,14-16H2,1H3,(H,25,28)/t22-/m1/s1. The molecule has 2 heterocycles. The Hall–Kier alpha value is -2.29. The predicted octanol–water partition coefficient (Wildman–Crippen LogP) is 3.17. The molecular weight excluding hydrogens is 450 g/mol. The highest BCUT2D eigenvalue weighted by atomic mass is 35.5. The molecule has 1 atom stereocenters. The van der Waals surface area contributed by atoms with Gasteiger partial charge in [-0.1, -0.05) is 42.3 Å². The lowest BCUT2D eigenvalue weighted by Gasteiger charge is -2.34. The first-order valence-corrected chi connectivity index (χ1v) is 13.0. The average Bonchev–Trinajstić information content (AvgIpc) is 2.77. The number of anilines is 1. The maximum Gasteiger partial charge on any atom is 0.263 e. The minimum absolute atomic E-state index is 0.104. The number of halogens is 1. The zero-order chi connectivity index (χ0) is 22.7. The second kappa shape index (κ2) is 9.68. The van der Waals surface area contributed by atoms with Crippen molar-refractivity contribution in [1.82, 2.24) is 10.2 Å². The number of hydrogen-bond donors (Lipinski definition) is 1. The lowest BCUT2D eigenvalue weighted by Crippen LogP contribution is -2.50. The molecule has 2 aromatic carbocycles. The van der Waals surface area contributed by atoms with Gasteiger partial charge in [0.25, 0.3) is 5.91 Å². The SMILES string of the molecule is CS(=O)(=O)N1C[C@H](C(=O)NCc2ccccc2CN2CCCCC2)Oc2ccc(Cl)cc21. The van der Waals surface area contributed by atoms with Crippen LogP contribution in [0.1, 0.15) is 30.4 Å². The number of sulfonamides is 1. The molecule has 2 aliphatic rings. The molecular formula is C23H28ClN3O4S. The van der Waals surface area contributed by atoms with Gasteiger partial charge in [0.15, 0.2) is 6.10 Å². The maximum atomic E-state index is 12.9. The molecule has 1 saturated heterocycles. The molecule has 1 N–H and O–H groups in total. The van der Waals surface area contributed by atoms with E-state index in [-0.39, 0.29) is 12.5 Å². The Kier molecular flexibility index (Phi) is 6.93. The zero-order valence-electron chi connectivity index (χ0n) is 18.1. The van der Waals surface area contributed by atoms with E-state index in [4.69, 9.17) is 16.3 Å². The Morgan fingerprint density at radius 2 is 1.84 bits per heavy atom. The van der Waals surface area contributed by atoms with Gasteiger partial charge in [-0.2, -0.15) is 0 Å². The molecule has 0 spiro atoms. The van der Waals surface area contributed by atoms with E-state index >= 15 is 0 Å². The van der Waals surface area contributed by atoms with Crippen molar-refractivity contribution < 1.29 is 17.9 Å². The Bertz CT molecular complexity index is 1090. The van der Waals surface area contributed by atoms with E-state index in [1.807, 2.05) is 18.2 Å². The number of rotatable bonds is 6. The maximum absolute atomic E-state index is 12.9. The normalized spacial score (nSPS) is 19.2. The number of nitrogens with zero attached hydrogens (tertiary/aromatic N) is 2. The first-order valence-electron chi connectivity index (χ1n) is 10.8. The Morgan fingerprint density at radius 1 is 1.12 bits per heavy atom. The smallest absolute Gasteiger partial charge is 0.263 e. The summed E-state index contributed by atoms with van der Waals surface area (Å²) in [7, 11) is -3.60. The molecule has 0 aromatic heterocycles. The fourth-order valence-electron chi connectivity index (χ4n) is 4.21. The Labute approximate surface area is 194 Å². The Morgan fingerprint density at radius 3 is 2.56 bits per heavy atom. The van der Waals surface area contributed by atoms with Crippen LogP contribution in [0.5, 0.6) is 5.75 Å². The second-order valence-electron chi connectivity index (χ2n) is 8.34. The van der Waals surface area contributed by atoms with Crippen LogP contribution in [0.25, 0.3) is 0 Å². The topological polar surface area (TPSA) is 79.0 Å². The summed E-state index contributed by atoms with van der Waals surface area (Å²) in [6, 6.07) is 12.8. The number of nitrogens with one attached hydrogen (secondary N) is 1. The molecule has 1 amide bonds. The summed E-state index contributed by atoms with van der Waals surface area (Å²) in [5.74, 6) is -0.0382. The summed E-state index contributed by atoms with van der Waals surface area (Å²) in [4.78, 5) is 15.4. The van der Waals surface area contributed by atoms with E-state index in [1.165, 1.54) is 35.2 Å². The van der Waals surface area contributed by atoms with E-state index in [9.17, 15) is 13.2 Å². The van der Waals surface area contributed by atoms with Crippen LogP contribution >= 0.6 is 11.6 Å². The molecule has 0 bridgehead atoms. The van der Waals surface area contributed by atoms with Gasteiger partial charge in [0, 0.05) is 18.1 Å². The highest BCUT2D eigenvalue weighted by Gasteiger charge is 2.35. The fourth-order valence-corrected chi connectivity index (χ4v) is 5.29. The predicted molar refractivity (Wildman–Crippen MR) is 125 cm³/mol. The number of carbonyl (C=O) groups excluding carboxylic acids is 1. The van der Waals surface area contributed by atoms with Crippen molar-refractivity contribution in [2.45, 2.75) is 38.5 Å². The van der Waals surface area contributed by atoms with E-state index in [0.717, 1.165) is 31.5 Å². The van der Waals surface area contributed by atoms with Crippen molar-refractivity contribution in [1.29, 1.82) is 0 Å². The quantitative estimate of drug-likeness (QED) is 0.691. The molecule has 1 fully saturated rings. The van der Waals surface area contributed by atoms with Gasteiger partial charge < -0.3 is 10.1 Å². The average molecular weight is 478 g/mol. The first-order chi connectivity index (χ1) is 15.3. The molecule has 0 aliphatic carbocycles. The van der Waals surface area contributed by atoms with Crippen molar-refractivity contribution in [3.63, 3.8) is 0 Å². The van der Waals surface area contributed by atoms with Crippen LogP contribution in [0.2, 0.25) is 5.02 Å². The molecule has 2 aromatic rings. The molecule has 32 heavy (non-hydrogen) atoms. The van der Waals surface area contributed by atoms with Gasteiger partial charge in [-0.3, -0.25) is 14.0 Å². The summed E-state index contributed by atoms with van der Waals surface area (Å²) >= 11 is 6.03. The van der Waals surface area contributed by atoms with E-state index in [2.05, 4.69) is 16.3 Å². The molecule has 0 radical (unpaired) electrons. The molecule has 7 nitrogen and oxygen atoms in total. The number of ether oxygens (including phenoxy) is 1. The summed E-state index contributed by atoms with van der Waals surface area (Å²) in [6.07, 6.45) is 3.89. The molecule has 0 unspecified atom stereocenters. The van der Waals surface area contributed by atoms with Crippen molar-refractivity contribution >= 4 is 33.2 Å². The minimum atomic E-state index is -3.60. The van der Waals surface area contributed by atoms with Crippen LogP contribution in [0, 0.1) is 0 Å². The number of benzene rings is 2. The van der Waals surface area contributed by atoms with Crippen LogP contribution in [0.4, 0.5) is 5.69 Å². The number of piperidine rings is 1. The van der Waals surface area contributed by atoms with Crippen LogP contribution < -0.4 is 14.4 Å². The van der Waals surface area contributed by atoms with Gasteiger partial charge in [-0.25, -0.2) is 8.42 Å². The van der Waals surface area contributed by atoms with Gasteiger partial charge in [0.2, 0.25) is 10.0 Å². The first kappa shape index (κ1) is 22.9. The molecule has 9 heteroatoms. The highest BCUT2D eigenvalue weighted by Crippen LogP contribution is 2.37. The second-order valence-corrected chi connectivity index (χ2v) is 10.7. The largest absolute Gasteiger partial charge is 0.476 e. The highest BCUT2D eigenvalue weighted by molar-refractivity contribution is 7.92. The van der Waals surface area contributed by atoms with Crippen LogP contribution in [-0.2, 0) is 27.9 Å². The van der Waals surface area contributed by atoms with E-state index < -0.39 is 16.1 Å². The minimum Gasteiger partial charge on any atom is -0.476 e. The molecule has 172 valence electrons. The molecule has 0 saturated carbocycles. The van der Waals surface area contributed by atoms with Crippen LogP contribution in [0.3, 0.4) is 0 Å². The zero-order valence-corrected chi connectivity index (χ0v) is 19.7. The van der Waals surface area contributed by atoms with Gasteiger partial charge in [0.05, 0.1) is 18.5 Å². The van der Waals surface area contributed by atoms with Gasteiger partial charge in [-0.05, 0) is 55.3 Å². The third kappa shape index (κ3) is 5.36. The summed E-state index contributed by atoms with van der Waals surface area (Å²) in [6.45, 7) is 3.31. The van der Waals surface area contributed by atoms with E-state index in [1.54, 1.807) is 12.1 Å². The van der Waals surface area contributed by atoms with Crippen LogP contribution in [-0.4, -0.2) is 51.2 Å². The summed E-state index contributed by atoms with van der Waals surface area (Å²) in [5, 5.41) is 3.33. The third-order valence-corrected chi connectivity index (χ3v) is 7.28. The van der Waals surface area contributed by atoms with Crippen molar-refractivity contribution in [3.8, 4) is 5.75 Å².